The van der Waals surface area contributed by atoms with Crippen molar-refractivity contribution in [2.75, 3.05) is 0 Å². The second kappa shape index (κ2) is 5.76. The summed E-state index contributed by atoms with van der Waals surface area (Å²) in [6, 6.07) is 13.8. The molecule has 2 aromatic heterocycles. The van der Waals surface area contributed by atoms with Crippen molar-refractivity contribution in [1.82, 2.24) is 14.5 Å². The van der Waals surface area contributed by atoms with Gasteiger partial charge in [-0.05, 0) is 43.7 Å². The third-order valence-corrected chi connectivity index (χ3v) is 3.60. The third-order valence-electron chi connectivity index (χ3n) is 3.60. The molecule has 0 bridgehead atoms. The molecule has 0 saturated carbocycles. The second-order valence-electron chi connectivity index (χ2n) is 4.91. The fourth-order valence-corrected chi connectivity index (χ4v) is 2.58. The summed E-state index contributed by atoms with van der Waals surface area (Å²) < 4.78 is 2.21. The fourth-order valence-electron chi connectivity index (χ4n) is 2.58. The van der Waals surface area contributed by atoms with Gasteiger partial charge in [0, 0.05) is 24.9 Å². The molecule has 0 aliphatic heterocycles. The Balaban J connectivity index is 1.92. The Bertz CT molecular complexity index is 797. The van der Waals surface area contributed by atoms with Crippen LogP contribution in [0.25, 0.3) is 11.0 Å². The van der Waals surface area contributed by atoms with Crippen LogP contribution < -0.4 is 0 Å². The Labute approximate surface area is 123 Å². The number of imidazole rings is 1. The van der Waals surface area contributed by atoms with Gasteiger partial charge in [0.25, 0.3) is 0 Å². The fraction of sp³-hybridized carbons (Fsp3) is 0.235. The molecule has 0 amide bonds. The molecule has 3 rings (SSSR count). The number of pyridine rings is 1. The predicted octanol–water partition coefficient (Wildman–Crippen LogP) is 3.11. The van der Waals surface area contributed by atoms with Crippen LogP contribution in [0.4, 0.5) is 0 Å². The molecule has 0 aliphatic carbocycles. The SMILES string of the molecule is CCn1c(CCc2ccccn2)nc2cc(C#N)ccc21. The molecular formula is C17H16N4. The molecule has 0 atom stereocenters. The first kappa shape index (κ1) is 13.3. The lowest BCUT2D eigenvalue weighted by Crippen LogP contribution is -2.04. The lowest BCUT2D eigenvalue weighted by atomic mass is 10.2. The van der Waals surface area contributed by atoms with E-state index in [0.29, 0.717) is 5.56 Å². The Hall–Kier alpha value is -2.67. The van der Waals surface area contributed by atoms with E-state index in [1.54, 1.807) is 0 Å². The molecule has 0 radical (unpaired) electrons. The highest BCUT2D eigenvalue weighted by molar-refractivity contribution is 5.77. The third kappa shape index (κ3) is 2.63. The average molecular weight is 276 g/mol. The first-order valence-electron chi connectivity index (χ1n) is 7.11. The van der Waals surface area contributed by atoms with Crippen molar-refractivity contribution in [3.8, 4) is 6.07 Å². The van der Waals surface area contributed by atoms with Crippen LogP contribution in [-0.2, 0) is 19.4 Å². The van der Waals surface area contributed by atoms with Crippen molar-refractivity contribution in [2.24, 2.45) is 0 Å². The molecule has 4 nitrogen and oxygen atoms in total. The van der Waals surface area contributed by atoms with Crippen LogP contribution in [0.5, 0.6) is 0 Å². The topological polar surface area (TPSA) is 54.5 Å². The van der Waals surface area contributed by atoms with Gasteiger partial charge < -0.3 is 4.57 Å². The van der Waals surface area contributed by atoms with E-state index >= 15 is 0 Å². The van der Waals surface area contributed by atoms with Gasteiger partial charge in [-0.3, -0.25) is 4.98 Å². The van der Waals surface area contributed by atoms with Crippen molar-refractivity contribution in [3.05, 3.63) is 59.7 Å². The van der Waals surface area contributed by atoms with Crippen molar-refractivity contribution >= 4 is 11.0 Å². The summed E-state index contributed by atoms with van der Waals surface area (Å²) >= 11 is 0. The second-order valence-corrected chi connectivity index (χ2v) is 4.91. The summed E-state index contributed by atoms with van der Waals surface area (Å²) in [5.41, 5.74) is 3.71. The van der Waals surface area contributed by atoms with Gasteiger partial charge in [0.05, 0.1) is 22.7 Å². The largest absolute Gasteiger partial charge is 0.328 e. The number of hydrogen-bond donors (Lipinski definition) is 0. The Morgan fingerprint density at radius 2 is 2.10 bits per heavy atom. The summed E-state index contributed by atoms with van der Waals surface area (Å²) in [5.74, 6) is 1.05. The van der Waals surface area contributed by atoms with Crippen LogP contribution in [0.3, 0.4) is 0 Å². The van der Waals surface area contributed by atoms with Crippen molar-refractivity contribution in [2.45, 2.75) is 26.3 Å². The van der Waals surface area contributed by atoms with Crippen LogP contribution in [0.15, 0.2) is 42.6 Å². The van der Waals surface area contributed by atoms with Gasteiger partial charge in [0.1, 0.15) is 5.82 Å². The molecular weight excluding hydrogens is 260 g/mol. The molecule has 0 spiro atoms. The zero-order chi connectivity index (χ0) is 14.7. The van der Waals surface area contributed by atoms with Crippen LogP contribution >= 0.6 is 0 Å². The van der Waals surface area contributed by atoms with Gasteiger partial charge in [-0.25, -0.2) is 4.98 Å². The number of benzene rings is 1. The molecule has 2 heterocycles. The molecule has 104 valence electrons. The van der Waals surface area contributed by atoms with E-state index in [1.165, 1.54) is 0 Å². The van der Waals surface area contributed by atoms with Crippen molar-refractivity contribution in [3.63, 3.8) is 0 Å². The van der Waals surface area contributed by atoms with Crippen molar-refractivity contribution < 1.29 is 0 Å². The van der Waals surface area contributed by atoms with Crippen molar-refractivity contribution in [1.29, 1.82) is 5.26 Å². The van der Waals surface area contributed by atoms with Gasteiger partial charge in [-0.15, -0.1) is 0 Å². The summed E-state index contributed by atoms with van der Waals surface area (Å²) in [7, 11) is 0. The van der Waals surface area contributed by atoms with Gasteiger partial charge in [-0.2, -0.15) is 5.26 Å². The predicted molar refractivity (Wildman–Crippen MR) is 81.8 cm³/mol. The average Bonchev–Trinajstić information content (AvgIpc) is 2.90. The van der Waals surface area contributed by atoms with E-state index < -0.39 is 0 Å². The van der Waals surface area contributed by atoms with Crippen LogP contribution in [0, 0.1) is 11.3 Å². The quantitative estimate of drug-likeness (QED) is 0.735. The van der Waals surface area contributed by atoms with Crippen LogP contribution in [0.1, 0.15) is 24.0 Å². The van der Waals surface area contributed by atoms with Crippen LogP contribution in [-0.4, -0.2) is 14.5 Å². The molecule has 0 N–H and O–H groups in total. The van der Waals surface area contributed by atoms with Gasteiger partial charge in [-0.1, -0.05) is 6.07 Å². The maximum Gasteiger partial charge on any atom is 0.110 e. The Morgan fingerprint density at radius 3 is 2.81 bits per heavy atom. The summed E-state index contributed by atoms with van der Waals surface area (Å²) in [4.78, 5) is 9.04. The van der Waals surface area contributed by atoms with Gasteiger partial charge in [0.15, 0.2) is 0 Å². The zero-order valence-electron chi connectivity index (χ0n) is 12.0. The minimum atomic E-state index is 0.652. The molecule has 0 unspecified atom stereocenters. The molecule has 0 fully saturated rings. The molecule has 4 heteroatoms. The van der Waals surface area contributed by atoms with E-state index in [1.807, 2.05) is 42.6 Å². The Kier molecular flexibility index (Phi) is 3.65. The number of rotatable bonds is 4. The zero-order valence-corrected chi connectivity index (χ0v) is 12.0. The Morgan fingerprint density at radius 1 is 1.19 bits per heavy atom. The molecule has 3 aromatic rings. The smallest absolute Gasteiger partial charge is 0.110 e. The van der Waals surface area contributed by atoms with Gasteiger partial charge in [0.2, 0.25) is 0 Å². The molecule has 21 heavy (non-hydrogen) atoms. The first-order valence-corrected chi connectivity index (χ1v) is 7.11. The minimum absolute atomic E-state index is 0.652. The number of aryl methyl sites for hydroxylation is 3. The normalized spacial score (nSPS) is 10.7. The number of nitriles is 1. The number of hydrogen-bond acceptors (Lipinski definition) is 3. The minimum Gasteiger partial charge on any atom is -0.328 e. The van der Waals surface area contributed by atoms with E-state index in [4.69, 9.17) is 10.2 Å². The molecule has 0 saturated heterocycles. The van der Waals surface area contributed by atoms with E-state index in [2.05, 4.69) is 22.5 Å². The highest BCUT2D eigenvalue weighted by Gasteiger charge is 2.10. The van der Waals surface area contributed by atoms with E-state index in [9.17, 15) is 0 Å². The highest BCUT2D eigenvalue weighted by atomic mass is 15.1. The first-order chi connectivity index (χ1) is 10.3. The standard InChI is InChI=1S/C17H16N4/c1-2-21-16-8-6-13(12-18)11-15(16)20-17(21)9-7-14-5-3-4-10-19-14/h3-6,8,10-11H,2,7,9H2,1H3. The summed E-state index contributed by atoms with van der Waals surface area (Å²) in [6.07, 6.45) is 3.54. The molecule has 0 aliphatic rings. The lowest BCUT2D eigenvalue weighted by molar-refractivity contribution is 0.703. The monoisotopic (exact) mass is 276 g/mol. The van der Waals surface area contributed by atoms with E-state index in [-0.39, 0.29) is 0 Å². The number of fused-ring (bicyclic) bond motifs is 1. The lowest BCUT2D eigenvalue weighted by Gasteiger charge is -2.05. The van der Waals surface area contributed by atoms with E-state index in [0.717, 1.165) is 41.9 Å². The van der Waals surface area contributed by atoms with Gasteiger partial charge >= 0.3 is 0 Å². The maximum absolute atomic E-state index is 8.99. The molecule has 1 aromatic carbocycles. The summed E-state index contributed by atoms with van der Waals surface area (Å²) in [5, 5.41) is 8.99. The number of nitrogens with zero attached hydrogens (tertiary/aromatic N) is 4. The highest BCUT2D eigenvalue weighted by Crippen LogP contribution is 2.19. The number of aromatic nitrogens is 3. The maximum atomic E-state index is 8.99. The van der Waals surface area contributed by atoms with Crippen LogP contribution in [0.2, 0.25) is 0 Å². The summed E-state index contributed by atoms with van der Waals surface area (Å²) in [6.45, 7) is 2.99.